The molecular formula is C15H10ClF3O2. The lowest BCUT2D eigenvalue weighted by Crippen LogP contribution is -2.05. The first-order valence-corrected chi connectivity index (χ1v) is 6.33. The number of carbonyl (C=O) groups is 1. The zero-order chi connectivity index (χ0) is 15.6. The fourth-order valence-corrected chi connectivity index (χ4v) is 2.24. The van der Waals surface area contributed by atoms with Crippen LogP contribution < -0.4 is 0 Å². The quantitative estimate of drug-likeness (QED) is 0.895. The molecule has 0 aromatic heterocycles. The molecule has 0 aliphatic carbocycles. The van der Waals surface area contributed by atoms with Gasteiger partial charge < -0.3 is 5.11 Å². The van der Waals surface area contributed by atoms with Crippen molar-refractivity contribution in [3.05, 3.63) is 58.6 Å². The fraction of sp³-hybridized carbons (Fsp3) is 0.133. The van der Waals surface area contributed by atoms with Gasteiger partial charge in [0.05, 0.1) is 12.0 Å². The van der Waals surface area contributed by atoms with Crippen molar-refractivity contribution in [2.45, 2.75) is 12.6 Å². The van der Waals surface area contributed by atoms with Crippen LogP contribution in [0.3, 0.4) is 0 Å². The highest BCUT2D eigenvalue weighted by Gasteiger charge is 2.30. The maximum absolute atomic E-state index is 12.5. The number of carboxylic acids is 1. The number of benzene rings is 2. The van der Waals surface area contributed by atoms with E-state index in [9.17, 15) is 18.0 Å². The normalized spacial score (nSPS) is 11.4. The predicted molar refractivity (Wildman–Crippen MR) is 73.2 cm³/mol. The molecular weight excluding hydrogens is 305 g/mol. The van der Waals surface area contributed by atoms with Crippen molar-refractivity contribution >= 4 is 17.6 Å². The maximum atomic E-state index is 12.5. The highest BCUT2D eigenvalue weighted by atomic mass is 35.5. The van der Waals surface area contributed by atoms with Crippen molar-refractivity contribution in [3.8, 4) is 11.1 Å². The summed E-state index contributed by atoms with van der Waals surface area (Å²) in [6.45, 7) is 0. The zero-order valence-electron chi connectivity index (χ0n) is 10.6. The predicted octanol–water partition coefficient (Wildman–Crippen LogP) is 4.65. The summed E-state index contributed by atoms with van der Waals surface area (Å²) < 4.78 is 37.6. The molecule has 0 aliphatic rings. The smallest absolute Gasteiger partial charge is 0.416 e. The summed E-state index contributed by atoms with van der Waals surface area (Å²) in [5.41, 5.74) is 0.625. The molecule has 0 heterocycles. The van der Waals surface area contributed by atoms with Gasteiger partial charge >= 0.3 is 12.1 Å². The Morgan fingerprint density at radius 3 is 2.24 bits per heavy atom. The van der Waals surface area contributed by atoms with Crippen LogP contribution in [-0.2, 0) is 17.4 Å². The van der Waals surface area contributed by atoms with Gasteiger partial charge in [-0.15, -0.1) is 0 Å². The molecule has 0 fully saturated rings. The molecule has 0 saturated carbocycles. The number of hydrogen-bond acceptors (Lipinski definition) is 1. The Morgan fingerprint density at radius 2 is 1.71 bits per heavy atom. The first-order valence-electron chi connectivity index (χ1n) is 5.96. The summed E-state index contributed by atoms with van der Waals surface area (Å²) in [6, 6.07) is 9.34. The van der Waals surface area contributed by atoms with Crippen LogP contribution in [0.1, 0.15) is 11.1 Å². The van der Waals surface area contributed by atoms with E-state index in [-0.39, 0.29) is 11.4 Å². The van der Waals surface area contributed by atoms with Crippen LogP contribution in [0, 0.1) is 0 Å². The van der Waals surface area contributed by atoms with Gasteiger partial charge in [-0.1, -0.05) is 35.9 Å². The molecule has 0 spiro atoms. The van der Waals surface area contributed by atoms with E-state index in [0.29, 0.717) is 16.7 Å². The van der Waals surface area contributed by atoms with Gasteiger partial charge in [-0.05, 0) is 34.9 Å². The summed E-state index contributed by atoms with van der Waals surface area (Å²) >= 11 is 5.98. The summed E-state index contributed by atoms with van der Waals surface area (Å²) in [5, 5.41) is 9.18. The molecule has 0 radical (unpaired) electrons. The minimum atomic E-state index is -4.41. The average molecular weight is 315 g/mol. The molecule has 2 rings (SSSR count). The van der Waals surface area contributed by atoms with Crippen LogP contribution in [0.2, 0.25) is 5.02 Å². The van der Waals surface area contributed by atoms with Crippen molar-refractivity contribution < 1.29 is 23.1 Å². The Morgan fingerprint density at radius 1 is 1.10 bits per heavy atom. The van der Waals surface area contributed by atoms with Crippen molar-refractivity contribution in [2.75, 3.05) is 0 Å². The van der Waals surface area contributed by atoms with Crippen LogP contribution in [0.4, 0.5) is 13.2 Å². The summed E-state index contributed by atoms with van der Waals surface area (Å²) in [4.78, 5) is 10.9. The molecule has 0 bridgehead atoms. The molecule has 2 aromatic carbocycles. The molecule has 0 unspecified atom stereocenters. The molecule has 1 N–H and O–H groups in total. The standard InChI is InChI=1S/C15H10ClF3O2/c16-13-3-1-2-11(12(13)8-14(20)21)9-4-6-10(7-5-9)15(17,18)19/h1-7H,8H2,(H,20,21). The second-order valence-electron chi connectivity index (χ2n) is 4.41. The van der Waals surface area contributed by atoms with Crippen LogP contribution >= 0.6 is 11.6 Å². The SMILES string of the molecule is O=C(O)Cc1c(Cl)cccc1-c1ccc(C(F)(F)F)cc1. The monoisotopic (exact) mass is 314 g/mol. The van der Waals surface area contributed by atoms with Gasteiger partial charge in [-0.3, -0.25) is 4.79 Å². The van der Waals surface area contributed by atoms with Gasteiger partial charge in [-0.25, -0.2) is 0 Å². The van der Waals surface area contributed by atoms with Crippen LogP contribution in [0.5, 0.6) is 0 Å². The summed E-state index contributed by atoms with van der Waals surface area (Å²) in [7, 11) is 0. The van der Waals surface area contributed by atoms with E-state index in [1.165, 1.54) is 12.1 Å². The van der Waals surface area contributed by atoms with E-state index in [4.69, 9.17) is 16.7 Å². The minimum absolute atomic E-state index is 0.273. The molecule has 0 saturated heterocycles. The molecule has 0 amide bonds. The summed E-state index contributed by atoms with van der Waals surface area (Å²) in [6.07, 6.45) is -4.70. The number of carboxylic acid groups (broad SMARTS) is 1. The Kier molecular flexibility index (Phi) is 4.23. The molecule has 0 aliphatic heterocycles. The lowest BCUT2D eigenvalue weighted by atomic mass is 9.97. The fourth-order valence-electron chi connectivity index (χ4n) is 2.00. The number of rotatable bonds is 3. The Hall–Kier alpha value is -2.01. The third-order valence-electron chi connectivity index (χ3n) is 2.97. The van der Waals surface area contributed by atoms with Crippen molar-refractivity contribution in [3.63, 3.8) is 0 Å². The second kappa shape index (κ2) is 5.77. The molecule has 110 valence electrons. The first-order chi connectivity index (χ1) is 9.79. The number of halogens is 4. The Labute approximate surface area is 123 Å². The second-order valence-corrected chi connectivity index (χ2v) is 4.82. The van der Waals surface area contributed by atoms with Crippen LogP contribution in [0.25, 0.3) is 11.1 Å². The zero-order valence-corrected chi connectivity index (χ0v) is 11.4. The third-order valence-corrected chi connectivity index (χ3v) is 3.32. The van der Waals surface area contributed by atoms with Crippen molar-refractivity contribution in [1.82, 2.24) is 0 Å². The molecule has 6 heteroatoms. The molecule has 2 nitrogen and oxygen atoms in total. The lowest BCUT2D eigenvalue weighted by molar-refractivity contribution is -0.138. The van der Waals surface area contributed by atoms with E-state index < -0.39 is 17.7 Å². The van der Waals surface area contributed by atoms with Crippen LogP contribution in [-0.4, -0.2) is 11.1 Å². The van der Waals surface area contributed by atoms with E-state index in [2.05, 4.69) is 0 Å². The third kappa shape index (κ3) is 3.55. The molecule has 21 heavy (non-hydrogen) atoms. The average Bonchev–Trinajstić information content (AvgIpc) is 2.40. The number of hydrogen-bond donors (Lipinski definition) is 1. The highest BCUT2D eigenvalue weighted by Crippen LogP contribution is 2.33. The largest absolute Gasteiger partial charge is 0.481 e. The summed E-state index contributed by atoms with van der Waals surface area (Å²) in [5.74, 6) is -1.06. The van der Waals surface area contributed by atoms with Crippen LogP contribution in [0.15, 0.2) is 42.5 Å². The van der Waals surface area contributed by atoms with Gasteiger partial charge in [0.15, 0.2) is 0 Å². The first kappa shape index (κ1) is 15.4. The van der Waals surface area contributed by atoms with Gasteiger partial charge in [0.25, 0.3) is 0 Å². The van der Waals surface area contributed by atoms with Gasteiger partial charge in [-0.2, -0.15) is 13.2 Å². The minimum Gasteiger partial charge on any atom is -0.481 e. The number of aliphatic carboxylic acids is 1. The highest BCUT2D eigenvalue weighted by molar-refractivity contribution is 6.32. The molecule has 2 aromatic rings. The van der Waals surface area contributed by atoms with Gasteiger partial charge in [0.2, 0.25) is 0 Å². The van der Waals surface area contributed by atoms with Gasteiger partial charge in [0.1, 0.15) is 0 Å². The number of alkyl halides is 3. The van der Waals surface area contributed by atoms with E-state index >= 15 is 0 Å². The van der Waals surface area contributed by atoms with E-state index in [1.807, 2.05) is 0 Å². The van der Waals surface area contributed by atoms with Gasteiger partial charge in [0, 0.05) is 5.02 Å². The molecule has 0 atom stereocenters. The topological polar surface area (TPSA) is 37.3 Å². The Bertz CT molecular complexity index is 664. The van der Waals surface area contributed by atoms with Crippen molar-refractivity contribution in [1.29, 1.82) is 0 Å². The lowest BCUT2D eigenvalue weighted by Gasteiger charge is -2.12. The maximum Gasteiger partial charge on any atom is 0.416 e. The van der Waals surface area contributed by atoms with E-state index in [1.54, 1.807) is 18.2 Å². The van der Waals surface area contributed by atoms with Crippen molar-refractivity contribution in [2.24, 2.45) is 0 Å². The van der Waals surface area contributed by atoms with E-state index in [0.717, 1.165) is 12.1 Å². The Balaban J connectivity index is 2.47.